The molecule has 1 amide bonds. The number of nitrogens with zero attached hydrogens (tertiary/aromatic N) is 2. The van der Waals surface area contributed by atoms with E-state index < -0.39 is 0 Å². The normalized spacial score (nSPS) is 10.7. The van der Waals surface area contributed by atoms with E-state index in [1.54, 1.807) is 18.2 Å². The van der Waals surface area contributed by atoms with Gasteiger partial charge in [0, 0.05) is 18.3 Å². The van der Waals surface area contributed by atoms with E-state index in [-0.39, 0.29) is 17.9 Å². The van der Waals surface area contributed by atoms with E-state index in [1.807, 2.05) is 22.9 Å². The zero-order chi connectivity index (χ0) is 14.7. The molecule has 2 heterocycles. The minimum absolute atomic E-state index is 0.117. The molecule has 0 saturated carbocycles. The molecule has 0 aliphatic rings. The Morgan fingerprint density at radius 2 is 2.14 bits per heavy atom. The van der Waals surface area contributed by atoms with E-state index >= 15 is 0 Å². The van der Waals surface area contributed by atoms with Crippen molar-refractivity contribution >= 4 is 33.8 Å². The Bertz CT molecular complexity index is 824. The van der Waals surface area contributed by atoms with Gasteiger partial charge in [0.05, 0.1) is 22.9 Å². The highest BCUT2D eigenvalue weighted by Gasteiger charge is 2.06. The first-order valence-electron chi connectivity index (χ1n) is 6.50. The average molecular weight is 299 g/mol. The summed E-state index contributed by atoms with van der Waals surface area (Å²) >= 11 is 1.52. The summed E-state index contributed by atoms with van der Waals surface area (Å²) in [4.78, 5) is 28.3. The molecule has 0 atom stereocenters. The lowest BCUT2D eigenvalue weighted by molar-refractivity contribution is -0.116. The van der Waals surface area contributed by atoms with Crippen LogP contribution in [-0.4, -0.2) is 15.5 Å². The fraction of sp³-hybridized carbons (Fsp3) is 0.133. The van der Waals surface area contributed by atoms with Crippen LogP contribution in [0.15, 0.2) is 52.2 Å². The van der Waals surface area contributed by atoms with E-state index in [9.17, 15) is 9.59 Å². The predicted octanol–water partition coefficient (Wildman–Crippen LogP) is 2.49. The molecule has 0 aliphatic carbocycles. The fourth-order valence-electron chi connectivity index (χ4n) is 2.05. The number of thiophene rings is 1. The zero-order valence-corrected chi connectivity index (χ0v) is 12.0. The van der Waals surface area contributed by atoms with Gasteiger partial charge in [0.2, 0.25) is 5.91 Å². The van der Waals surface area contributed by atoms with Crippen molar-refractivity contribution in [1.82, 2.24) is 9.55 Å². The van der Waals surface area contributed by atoms with Crippen LogP contribution >= 0.6 is 11.3 Å². The third-order valence-corrected chi connectivity index (χ3v) is 3.80. The second-order valence-corrected chi connectivity index (χ2v) is 5.35. The highest BCUT2D eigenvalue weighted by Crippen LogP contribution is 2.12. The van der Waals surface area contributed by atoms with Gasteiger partial charge < -0.3 is 5.32 Å². The van der Waals surface area contributed by atoms with Crippen LogP contribution in [0.3, 0.4) is 0 Å². The highest BCUT2D eigenvalue weighted by molar-refractivity contribution is 7.08. The van der Waals surface area contributed by atoms with E-state index in [0.717, 1.165) is 5.69 Å². The van der Waals surface area contributed by atoms with Crippen molar-refractivity contribution in [2.75, 3.05) is 5.32 Å². The Labute approximate surface area is 124 Å². The third kappa shape index (κ3) is 3.00. The standard InChI is InChI=1S/C15H13N3O2S/c19-14(17-11-6-8-21-9-11)5-7-18-10-16-13-4-2-1-3-12(13)15(18)20/h1-4,6,8-10H,5,7H2,(H,17,19). The summed E-state index contributed by atoms with van der Waals surface area (Å²) in [5.41, 5.74) is 1.33. The molecule has 0 fully saturated rings. The molecule has 3 rings (SSSR count). The first kappa shape index (κ1) is 13.5. The number of anilines is 1. The topological polar surface area (TPSA) is 64.0 Å². The Morgan fingerprint density at radius 3 is 2.95 bits per heavy atom. The molecule has 0 bridgehead atoms. The number of benzene rings is 1. The van der Waals surface area contributed by atoms with Gasteiger partial charge in [-0.2, -0.15) is 11.3 Å². The highest BCUT2D eigenvalue weighted by atomic mass is 32.1. The van der Waals surface area contributed by atoms with E-state index in [1.165, 1.54) is 22.2 Å². The van der Waals surface area contributed by atoms with Crippen LogP contribution in [0.4, 0.5) is 5.69 Å². The van der Waals surface area contributed by atoms with Crippen molar-refractivity contribution in [3.63, 3.8) is 0 Å². The molecular weight excluding hydrogens is 286 g/mol. The summed E-state index contributed by atoms with van der Waals surface area (Å²) in [5.74, 6) is -0.117. The number of aromatic nitrogens is 2. The molecule has 21 heavy (non-hydrogen) atoms. The van der Waals surface area contributed by atoms with Crippen molar-refractivity contribution in [1.29, 1.82) is 0 Å². The van der Waals surface area contributed by atoms with E-state index in [4.69, 9.17) is 0 Å². The number of fused-ring (bicyclic) bond motifs is 1. The van der Waals surface area contributed by atoms with Gasteiger partial charge in [-0.15, -0.1) is 0 Å². The van der Waals surface area contributed by atoms with Gasteiger partial charge in [0.1, 0.15) is 0 Å². The quantitative estimate of drug-likeness (QED) is 0.805. The van der Waals surface area contributed by atoms with Crippen molar-refractivity contribution < 1.29 is 4.79 Å². The Kier molecular flexibility index (Phi) is 3.79. The maximum Gasteiger partial charge on any atom is 0.261 e. The van der Waals surface area contributed by atoms with Gasteiger partial charge in [-0.25, -0.2) is 4.98 Å². The molecule has 6 heteroatoms. The lowest BCUT2D eigenvalue weighted by Crippen LogP contribution is -2.23. The molecule has 0 spiro atoms. The molecule has 3 aromatic rings. The summed E-state index contributed by atoms with van der Waals surface area (Å²) in [7, 11) is 0. The van der Waals surface area contributed by atoms with Crippen LogP contribution in [0.5, 0.6) is 0 Å². The molecule has 0 aliphatic heterocycles. The first-order valence-corrected chi connectivity index (χ1v) is 7.44. The number of hydrogen-bond acceptors (Lipinski definition) is 4. The Balaban J connectivity index is 1.72. The summed E-state index contributed by atoms with van der Waals surface area (Å²) < 4.78 is 1.47. The van der Waals surface area contributed by atoms with Crippen molar-refractivity contribution in [3.05, 3.63) is 57.8 Å². The van der Waals surface area contributed by atoms with E-state index in [0.29, 0.717) is 17.4 Å². The zero-order valence-electron chi connectivity index (χ0n) is 11.2. The summed E-state index contributed by atoms with van der Waals surface area (Å²) in [6.07, 6.45) is 1.72. The number of carbonyl (C=O) groups is 1. The molecule has 0 saturated heterocycles. The molecular formula is C15H13N3O2S. The van der Waals surface area contributed by atoms with Gasteiger partial charge in [-0.1, -0.05) is 12.1 Å². The molecule has 0 unspecified atom stereocenters. The average Bonchev–Trinajstić information content (AvgIpc) is 3.00. The molecule has 5 nitrogen and oxygen atoms in total. The van der Waals surface area contributed by atoms with Gasteiger partial charge in [0.25, 0.3) is 5.56 Å². The molecule has 1 aromatic carbocycles. The predicted molar refractivity (Wildman–Crippen MR) is 83.6 cm³/mol. The van der Waals surface area contributed by atoms with Crippen molar-refractivity contribution in [2.24, 2.45) is 0 Å². The lowest BCUT2D eigenvalue weighted by atomic mass is 10.2. The number of aryl methyl sites for hydroxylation is 1. The minimum atomic E-state index is -0.121. The van der Waals surface area contributed by atoms with Crippen LogP contribution in [0.2, 0.25) is 0 Å². The number of nitrogens with one attached hydrogen (secondary N) is 1. The van der Waals surface area contributed by atoms with Gasteiger partial charge >= 0.3 is 0 Å². The molecule has 0 radical (unpaired) electrons. The number of rotatable bonds is 4. The van der Waals surface area contributed by atoms with Crippen molar-refractivity contribution in [3.8, 4) is 0 Å². The largest absolute Gasteiger partial charge is 0.325 e. The summed E-state index contributed by atoms with van der Waals surface area (Å²) in [5, 5.41) is 7.11. The monoisotopic (exact) mass is 299 g/mol. The number of amides is 1. The van der Waals surface area contributed by atoms with Gasteiger partial charge in [-0.05, 0) is 23.6 Å². The van der Waals surface area contributed by atoms with Crippen LogP contribution in [0, 0.1) is 0 Å². The second kappa shape index (κ2) is 5.88. The van der Waals surface area contributed by atoms with Crippen LogP contribution in [0.1, 0.15) is 6.42 Å². The summed E-state index contributed by atoms with van der Waals surface area (Å²) in [6, 6.07) is 9.02. The lowest BCUT2D eigenvalue weighted by Gasteiger charge is -2.06. The van der Waals surface area contributed by atoms with Crippen molar-refractivity contribution in [2.45, 2.75) is 13.0 Å². The maximum absolute atomic E-state index is 12.3. The first-order chi connectivity index (χ1) is 10.2. The minimum Gasteiger partial charge on any atom is -0.325 e. The number of para-hydroxylation sites is 1. The van der Waals surface area contributed by atoms with Crippen LogP contribution < -0.4 is 10.9 Å². The van der Waals surface area contributed by atoms with Crippen LogP contribution in [0.25, 0.3) is 10.9 Å². The molecule has 106 valence electrons. The molecule has 2 aromatic heterocycles. The second-order valence-electron chi connectivity index (χ2n) is 4.57. The summed E-state index contributed by atoms with van der Waals surface area (Å²) in [6.45, 7) is 0.312. The number of hydrogen-bond donors (Lipinski definition) is 1. The SMILES string of the molecule is O=C(CCn1cnc2ccccc2c1=O)Nc1ccsc1. The fourth-order valence-corrected chi connectivity index (χ4v) is 2.63. The third-order valence-electron chi connectivity index (χ3n) is 3.12. The maximum atomic E-state index is 12.3. The van der Waals surface area contributed by atoms with E-state index in [2.05, 4.69) is 10.3 Å². The van der Waals surface area contributed by atoms with Gasteiger partial charge in [0.15, 0.2) is 0 Å². The number of carbonyl (C=O) groups excluding carboxylic acids is 1. The smallest absolute Gasteiger partial charge is 0.261 e. The Hall–Kier alpha value is -2.47. The van der Waals surface area contributed by atoms with Gasteiger partial charge in [-0.3, -0.25) is 14.2 Å². The molecule has 1 N–H and O–H groups in total. The Morgan fingerprint density at radius 1 is 1.29 bits per heavy atom. The van der Waals surface area contributed by atoms with Crippen LogP contribution in [-0.2, 0) is 11.3 Å².